The lowest BCUT2D eigenvalue weighted by Gasteiger charge is -2.27. The van der Waals surface area contributed by atoms with E-state index in [2.05, 4.69) is 0 Å². The third kappa shape index (κ3) is 1.34. The first-order valence-electron chi connectivity index (χ1n) is 5.40. The number of methoxy groups -OCH3 is 1. The number of nitrogens with zero attached hydrogens (tertiary/aromatic N) is 1. The number of ether oxygens (including phenoxy) is 1. The highest BCUT2D eigenvalue weighted by Crippen LogP contribution is 2.43. The lowest BCUT2D eigenvalue weighted by molar-refractivity contribution is -0.143. The van der Waals surface area contributed by atoms with Gasteiger partial charge in [0.1, 0.15) is 6.10 Å². The van der Waals surface area contributed by atoms with Crippen molar-refractivity contribution < 1.29 is 14.3 Å². The molecule has 0 N–H and O–H groups in total. The maximum absolute atomic E-state index is 11.7. The summed E-state index contributed by atoms with van der Waals surface area (Å²) in [7, 11) is 1.59. The van der Waals surface area contributed by atoms with Crippen LogP contribution in [-0.2, 0) is 14.3 Å². The minimum absolute atomic E-state index is 0.257. The average molecular weight is 229 g/mol. The van der Waals surface area contributed by atoms with E-state index in [0.717, 1.165) is 11.1 Å². The summed E-state index contributed by atoms with van der Waals surface area (Å²) in [6.45, 7) is 0. The lowest BCUT2D eigenvalue weighted by Crippen LogP contribution is -2.36. The van der Waals surface area contributed by atoms with Crippen LogP contribution in [0.4, 0.5) is 0 Å². The van der Waals surface area contributed by atoms with E-state index in [-0.39, 0.29) is 24.0 Å². The third-order valence-electron chi connectivity index (χ3n) is 3.24. The zero-order valence-electron chi connectivity index (χ0n) is 9.29. The molecule has 1 aromatic carbocycles. The molecule has 3 rings (SSSR count). The summed E-state index contributed by atoms with van der Waals surface area (Å²) in [6, 6.07) is 7.40. The number of rotatable bonds is 2. The van der Waals surface area contributed by atoms with Gasteiger partial charge in [0, 0.05) is 19.3 Å². The fraction of sp³-hybridized carbons (Fsp3) is 0.231. The lowest BCUT2D eigenvalue weighted by atomic mass is 10.1. The topological polar surface area (TPSA) is 46.6 Å². The fourth-order valence-electron chi connectivity index (χ4n) is 2.51. The molecule has 4 nitrogen and oxygen atoms in total. The zero-order chi connectivity index (χ0) is 12.0. The normalized spacial score (nSPS) is 26.1. The van der Waals surface area contributed by atoms with Gasteiger partial charge in [-0.2, -0.15) is 0 Å². The van der Waals surface area contributed by atoms with Gasteiger partial charge in [-0.3, -0.25) is 14.5 Å². The van der Waals surface area contributed by atoms with Crippen LogP contribution in [0.3, 0.4) is 0 Å². The predicted octanol–water partition coefficient (Wildman–Crippen LogP) is 1.35. The van der Waals surface area contributed by atoms with E-state index in [1.165, 1.54) is 17.1 Å². The first-order valence-corrected chi connectivity index (χ1v) is 5.40. The standard InChI is InChI=1S/C13H11NO3/c1-17-13-9-4-2-3-8(7-9)12(13)14-10(15)5-6-11(14)16/h2-7,12-13H,1H3. The van der Waals surface area contributed by atoms with Crippen LogP contribution >= 0.6 is 0 Å². The Bertz CT molecular complexity index is 517. The van der Waals surface area contributed by atoms with Gasteiger partial charge in [-0.1, -0.05) is 24.3 Å². The van der Waals surface area contributed by atoms with Crippen LogP contribution in [0.25, 0.3) is 0 Å². The van der Waals surface area contributed by atoms with E-state index in [0.29, 0.717) is 0 Å². The molecule has 0 saturated carbocycles. The molecule has 17 heavy (non-hydrogen) atoms. The molecule has 0 fully saturated rings. The first-order chi connectivity index (χ1) is 8.22. The summed E-state index contributed by atoms with van der Waals surface area (Å²) in [5.41, 5.74) is 1.95. The fourth-order valence-corrected chi connectivity index (χ4v) is 2.51. The van der Waals surface area contributed by atoms with Gasteiger partial charge in [0.15, 0.2) is 0 Å². The van der Waals surface area contributed by atoms with Gasteiger partial charge in [0.05, 0.1) is 6.04 Å². The molecule has 2 atom stereocenters. The largest absolute Gasteiger partial charge is 0.374 e. The number of fused-ring (bicyclic) bond motifs is 2. The molecular formula is C13H11NO3. The van der Waals surface area contributed by atoms with Crippen LogP contribution in [0.5, 0.6) is 0 Å². The van der Waals surface area contributed by atoms with E-state index in [1.807, 2.05) is 24.3 Å². The molecule has 4 heteroatoms. The molecule has 2 aliphatic rings. The van der Waals surface area contributed by atoms with Gasteiger partial charge >= 0.3 is 0 Å². The highest BCUT2D eigenvalue weighted by atomic mass is 16.5. The van der Waals surface area contributed by atoms with Crippen molar-refractivity contribution in [2.24, 2.45) is 0 Å². The van der Waals surface area contributed by atoms with Crippen molar-refractivity contribution in [2.45, 2.75) is 12.1 Å². The minimum atomic E-state index is -0.333. The Labute approximate surface area is 98.5 Å². The Balaban J connectivity index is 2.03. The summed E-state index contributed by atoms with van der Waals surface area (Å²) in [5, 5.41) is 0. The van der Waals surface area contributed by atoms with E-state index < -0.39 is 0 Å². The van der Waals surface area contributed by atoms with E-state index in [1.54, 1.807) is 7.11 Å². The molecule has 0 aromatic heterocycles. The van der Waals surface area contributed by atoms with Crippen molar-refractivity contribution in [1.29, 1.82) is 0 Å². The van der Waals surface area contributed by atoms with Crippen LogP contribution < -0.4 is 0 Å². The van der Waals surface area contributed by atoms with Crippen molar-refractivity contribution in [2.75, 3.05) is 7.11 Å². The number of imide groups is 1. The Morgan fingerprint density at radius 2 is 1.76 bits per heavy atom. The quantitative estimate of drug-likeness (QED) is 0.719. The van der Waals surface area contributed by atoms with Gasteiger partial charge in [0.25, 0.3) is 11.8 Å². The van der Waals surface area contributed by atoms with Crippen molar-refractivity contribution in [3.63, 3.8) is 0 Å². The predicted molar refractivity (Wildman–Crippen MR) is 59.9 cm³/mol. The Hall–Kier alpha value is -1.94. The van der Waals surface area contributed by atoms with Crippen LogP contribution in [0.15, 0.2) is 36.4 Å². The maximum Gasteiger partial charge on any atom is 0.254 e. The van der Waals surface area contributed by atoms with Gasteiger partial charge in [-0.05, 0) is 11.1 Å². The number of carbonyl (C=O) groups excluding carboxylic acids is 2. The second kappa shape index (κ2) is 3.53. The summed E-state index contributed by atoms with van der Waals surface area (Å²) in [5.74, 6) is -0.547. The highest BCUT2D eigenvalue weighted by Gasteiger charge is 2.41. The molecule has 1 heterocycles. The number of benzene rings is 1. The molecule has 2 unspecified atom stereocenters. The first kappa shape index (κ1) is 10.2. The highest BCUT2D eigenvalue weighted by molar-refractivity contribution is 6.13. The maximum atomic E-state index is 11.7. The third-order valence-corrected chi connectivity index (χ3v) is 3.24. The Kier molecular flexibility index (Phi) is 2.12. The molecule has 2 amide bonds. The minimum Gasteiger partial charge on any atom is -0.374 e. The van der Waals surface area contributed by atoms with Gasteiger partial charge in [-0.25, -0.2) is 0 Å². The van der Waals surface area contributed by atoms with Crippen molar-refractivity contribution in [3.05, 3.63) is 47.5 Å². The zero-order valence-corrected chi connectivity index (χ0v) is 9.29. The molecule has 86 valence electrons. The second-order valence-corrected chi connectivity index (χ2v) is 4.15. The Morgan fingerprint density at radius 3 is 2.41 bits per heavy atom. The van der Waals surface area contributed by atoms with E-state index in [4.69, 9.17) is 4.74 Å². The molecule has 0 radical (unpaired) electrons. The summed E-state index contributed by atoms with van der Waals surface area (Å²) in [4.78, 5) is 24.7. The van der Waals surface area contributed by atoms with Crippen molar-refractivity contribution in [3.8, 4) is 0 Å². The molecule has 1 aliphatic carbocycles. The van der Waals surface area contributed by atoms with Crippen LogP contribution in [-0.4, -0.2) is 23.8 Å². The summed E-state index contributed by atoms with van der Waals surface area (Å²) in [6.07, 6.45) is 2.35. The van der Waals surface area contributed by atoms with E-state index in [9.17, 15) is 9.59 Å². The van der Waals surface area contributed by atoms with Gasteiger partial charge in [0.2, 0.25) is 0 Å². The number of hydrogen-bond acceptors (Lipinski definition) is 3. The molecule has 0 saturated heterocycles. The van der Waals surface area contributed by atoms with Gasteiger partial charge in [-0.15, -0.1) is 0 Å². The second-order valence-electron chi connectivity index (χ2n) is 4.15. The van der Waals surface area contributed by atoms with Crippen LogP contribution in [0.2, 0.25) is 0 Å². The molecule has 2 bridgehead atoms. The Morgan fingerprint density at radius 1 is 1.12 bits per heavy atom. The average Bonchev–Trinajstić information content (AvgIpc) is 2.77. The number of carbonyl (C=O) groups is 2. The monoisotopic (exact) mass is 229 g/mol. The van der Waals surface area contributed by atoms with Crippen molar-refractivity contribution in [1.82, 2.24) is 4.90 Å². The molecule has 1 aliphatic heterocycles. The summed E-state index contributed by atoms with van der Waals surface area (Å²) < 4.78 is 5.41. The smallest absolute Gasteiger partial charge is 0.254 e. The summed E-state index contributed by atoms with van der Waals surface area (Å²) >= 11 is 0. The molecule has 0 spiro atoms. The van der Waals surface area contributed by atoms with Crippen molar-refractivity contribution >= 4 is 11.8 Å². The van der Waals surface area contributed by atoms with Crippen LogP contribution in [0, 0.1) is 0 Å². The van der Waals surface area contributed by atoms with E-state index >= 15 is 0 Å². The molecular weight excluding hydrogens is 218 g/mol. The van der Waals surface area contributed by atoms with Gasteiger partial charge < -0.3 is 4.74 Å². The number of hydrogen-bond donors (Lipinski definition) is 0. The molecule has 1 aromatic rings. The SMILES string of the molecule is COC1c2cccc(c2)C1N1C(=O)C=CC1=O. The van der Waals surface area contributed by atoms with Crippen LogP contribution in [0.1, 0.15) is 23.3 Å². The number of amides is 2.